The smallest absolute Gasteiger partial charge is 0.185 e. The number of benzene rings is 1. The Hall–Kier alpha value is -1.90. The van der Waals surface area contributed by atoms with E-state index in [1.54, 1.807) is 0 Å². The second-order valence-electron chi connectivity index (χ2n) is 7.53. The molecule has 1 aliphatic rings. The van der Waals surface area contributed by atoms with Crippen molar-refractivity contribution >= 4 is 5.78 Å². The lowest BCUT2D eigenvalue weighted by molar-refractivity contribution is 0.0932. The average Bonchev–Trinajstić information content (AvgIpc) is 2.74. The number of aromatic nitrogens is 2. The third-order valence-electron chi connectivity index (χ3n) is 5.81. The van der Waals surface area contributed by atoms with Crippen LogP contribution in [-0.4, -0.2) is 15.6 Å². The molecule has 1 aromatic heterocycles. The van der Waals surface area contributed by atoms with E-state index in [0.717, 1.165) is 30.5 Å². The van der Waals surface area contributed by atoms with Crippen molar-refractivity contribution in [2.24, 2.45) is 13.0 Å². The van der Waals surface area contributed by atoms with Gasteiger partial charge in [0.25, 0.3) is 0 Å². The molecule has 24 heavy (non-hydrogen) atoms. The molecular formula is C21H28N2O. The van der Waals surface area contributed by atoms with E-state index in [1.165, 1.54) is 33.4 Å². The minimum Gasteiger partial charge on any atom is -0.292 e. The third kappa shape index (κ3) is 2.33. The number of rotatable bonds is 2. The van der Waals surface area contributed by atoms with Gasteiger partial charge in [-0.05, 0) is 74.8 Å². The molecule has 3 rings (SSSR count). The minimum absolute atomic E-state index is 0.0192. The van der Waals surface area contributed by atoms with Crippen LogP contribution in [0.5, 0.6) is 0 Å². The van der Waals surface area contributed by atoms with Crippen molar-refractivity contribution in [2.75, 3.05) is 0 Å². The summed E-state index contributed by atoms with van der Waals surface area (Å²) in [7, 11) is 1.98. The van der Waals surface area contributed by atoms with Crippen molar-refractivity contribution in [1.29, 1.82) is 0 Å². The van der Waals surface area contributed by atoms with Crippen LogP contribution in [0, 0.1) is 33.6 Å². The summed E-state index contributed by atoms with van der Waals surface area (Å²) in [6.07, 6.45) is 3.09. The number of carbonyl (C=O) groups is 1. The maximum atomic E-state index is 12.7. The van der Waals surface area contributed by atoms with E-state index in [2.05, 4.69) is 32.8 Å². The summed E-state index contributed by atoms with van der Waals surface area (Å²) in [5, 5.41) is 4.64. The van der Waals surface area contributed by atoms with Gasteiger partial charge in [-0.1, -0.05) is 13.8 Å². The number of ketones is 1. The Morgan fingerprint density at radius 3 is 2.17 bits per heavy atom. The Bertz CT molecular complexity index is 840. The van der Waals surface area contributed by atoms with Gasteiger partial charge in [0.1, 0.15) is 5.69 Å². The predicted octanol–water partition coefficient (Wildman–Crippen LogP) is 4.65. The van der Waals surface area contributed by atoms with E-state index < -0.39 is 0 Å². The second kappa shape index (κ2) is 5.87. The highest BCUT2D eigenvalue weighted by Gasteiger charge is 2.29. The summed E-state index contributed by atoms with van der Waals surface area (Å²) in [5.41, 5.74) is 11.3. The van der Waals surface area contributed by atoms with Crippen LogP contribution in [0.1, 0.15) is 64.1 Å². The number of hydrogen-bond donors (Lipinski definition) is 0. The molecule has 1 aromatic carbocycles. The SMILES string of the molecule is Cc1c(C)c(C)c2c(c1C)CCCc1c(C(=O)C(C)C)nn(C)c1-2. The summed E-state index contributed by atoms with van der Waals surface area (Å²) in [6.45, 7) is 12.8. The molecule has 0 N–H and O–H groups in total. The Morgan fingerprint density at radius 2 is 1.54 bits per heavy atom. The molecule has 0 amide bonds. The van der Waals surface area contributed by atoms with Crippen LogP contribution in [0.3, 0.4) is 0 Å². The Kier molecular flexibility index (Phi) is 4.15. The molecule has 128 valence electrons. The highest BCUT2D eigenvalue weighted by molar-refractivity contribution is 5.99. The molecule has 3 heteroatoms. The number of nitrogens with zero attached hydrogens (tertiary/aromatic N) is 2. The van der Waals surface area contributed by atoms with Crippen molar-refractivity contribution in [3.63, 3.8) is 0 Å². The predicted molar refractivity (Wildman–Crippen MR) is 98.8 cm³/mol. The van der Waals surface area contributed by atoms with Gasteiger partial charge in [0.15, 0.2) is 5.78 Å². The van der Waals surface area contributed by atoms with Crippen molar-refractivity contribution in [3.8, 4) is 11.3 Å². The molecule has 0 aliphatic heterocycles. The van der Waals surface area contributed by atoms with Gasteiger partial charge in [-0.2, -0.15) is 5.10 Å². The zero-order chi connectivity index (χ0) is 17.8. The fourth-order valence-corrected chi connectivity index (χ4v) is 4.05. The number of Topliss-reactive ketones (excluding diaryl/α,β-unsaturated/α-hetero) is 1. The first-order chi connectivity index (χ1) is 11.3. The molecule has 0 unspecified atom stereocenters. The number of aryl methyl sites for hydroxylation is 1. The summed E-state index contributed by atoms with van der Waals surface area (Å²) in [5.74, 6) is 0.141. The normalized spacial score (nSPS) is 13.7. The quantitative estimate of drug-likeness (QED) is 0.754. The van der Waals surface area contributed by atoms with Gasteiger partial charge in [0, 0.05) is 24.1 Å². The number of carbonyl (C=O) groups excluding carboxylic acids is 1. The Balaban J connectivity index is 2.37. The van der Waals surface area contributed by atoms with Gasteiger partial charge >= 0.3 is 0 Å². The van der Waals surface area contributed by atoms with E-state index in [-0.39, 0.29) is 11.7 Å². The molecule has 1 aliphatic carbocycles. The minimum atomic E-state index is -0.0192. The van der Waals surface area contributed by atoms with E-state index in [9.17, 15) is 4.79 Å². The topological polar surface area (TPSA) is 34.9 Å². The van der Waals surface area contributed by atoms with Crippen LogP contribution in [0.25, 0.3) is 11.3 Å². The Morgan fingerprint density at radius 1 is 0.958 bits per heavy atom. The Labute approximate surface area is 145 Å². The molecule has 2 aromatic rings. The lowest BCUT2D eigenvalue weighted by Gasteiger charge is -2.20. The molecule has 0 atom stereocenters. The van der Waals surface area contributed by atoms with Crippen LogP contribution in [-0.2, 0) is 19.9 Å². The maximum absolute atomic E-state index is 12.7. The van der Waals surface area contributed by atoms with Crippen molar-refractivity contribution in [2.45, 2.75) is 60.8 Å². The van der Waals surface area contributed by atoms with Crippen molar-refractivity contribution in [1.82, 2.24) is 9.78 Å². The average molecular weight is 324 g/mol. The first kappa shape index (κ1) is 16.9. The van der Waals surface area contributed by atoms with Gasteiger partial charge in [0.2, 0.25) is 0 Å². The molecular weight excluding hydrogens is 296 g/mol. The van der Waals surface area contributed by atoms with Gasteiger partial charge in [0.05, 0.1) is 5.69 Å². The molecule has 0 spiro atoms. The summed E-state index contributed by atoms with van der Waals surface area (Å²) in [6, 6.07) is 0. The molecule has 3 nitrogen and oxygen atoms in total. The van der Waals surface area contributed by atoms with Crippen LogP contribution in [0.2, 0.25) is 0 Å². The summed E-state index contributed by atoms with van der Waals surface area (Å²) < 4.78 is 1.94. The van der Waals surface area contributed by atoms with Crippen LogP contribution < -0.4 is 0 Å². The zero-order valence-electron chi connectivity index (χ0n) is 16.0. The maximum Gasteiger partial charge on any atom is 0.185 e. The van der Waals surface area contributed by atoms with Crippen LogP contribution in [0.15, 0.2) is 0 Å². The van der Waals surface area contributed by atoms with Crippen LogP contribution in [0.4, 0.5) is 0 Å². The fraction of sp³-hybridized carbons (Fsp3) is 0.524. The lowest BCUT2D eigenvalue weighted by Crippen LogP contribution is -2.11. The first-order valence-corrected chi connectivity index (χ1v) is 8.95. The molecule has 0 fully saturated rings. The van der Waals surface area contributed by atoms with E-state index in [4.69, 9.17) is 0 Å². The second-order valence-corrected chi connectivity index (χ2v) is 7.53. The summed E-state index contributed by atoms with van der Waals surface area (Å²) in [4.78, 5) is 12.7. The largest absolute Gasteiger partial charge is 0.292 e. The van der Waals surface area contributed by atoms with Gasteiger partial charge < -0.3 is 0 Å². The first-order valence-electron chi connectivity index (χ1n) is 8.95. The monoisotopic (exact) mass is 324 g/mol. The van der Waals surface area contributed by atoms with Crippen molar-refractivity contribution < 1.29 is 4.79 Å². The molecule has 0 bridgehead atoms. The summed E-state index contributed by atoms with van der Waals surface area (Å²) >= 11 is 0. The standard InChI is InChI=1S/C21H28N2O/c1-11(2)21(24)19-17-10-8-9-16-14(5)12(3)13(4)15(6)18(16)20(17)23(7)22-19/h11H,8-10H2,1-7H3. The van der Waals surface area contributed by atoms with E-state index in [1.807, 2.05) is 25.6 Å². The number of hydrogen-bond acceptors (Lipinski definition) is 2. The van der Waals surface area contributed by atoms with Gasteiger partial charge in [-0.3, -0.25) is 9.48 Å². The number of fused-ring (bicyclic) bond motifs is 3. The van der Waals surface area contributed by atoms with Crippen molar-refractivity contribution in [3.05, 3.63) is 39.1 Å². The third-order valence-corrected chi connectivity index (χ3v) is 5.81. The zero-order valence-corrected chi connectivity index (χ0v) is 16.0. The van der Waals surface area contributed by atoms with E-state index >= 15 is 0 Å². The lowest BCUT2D eigenvalue weighted by atomic mass is 9.86. The van der Waals surface area contributed by atoms with E-state index in [0.29, 0.717) is 5.69 Å². The highest BCUT2D eigenvalue weighted by Crippen LogP contribution is 2.40. The van der Waals surface area contributed by atoms with Crippen LogP contribution >= 0.6 is 0 Å². The fourth-order valence-electron chi connectivity index (χ4n) is 4.05. The molecule has 1 heterocycles. The highest BCUT2D eigenvalue weighted by atomic mass is 16.1. The van der Waals surface area contributed by atoms with Gasteiger partial charge in [-0.25, -0.2) is 0 Å². The molecule has 0 saturated carbocycles. The molecule has 0 saturated heterocycles. The van der Waals surface area contributed by atoms with Gasteiger partial charge in [-0.15, -0.1) is 0 Å². The molecule has 0 radical (unpaired) electrons.